The second-order valence-corrected chi connectivity index (χ2v) is 7.96. The summed E-state index contributed by atoms with van der Waals surface area (Å²) < 4.78 is 20.6. The van der Waals surface area contributed by atoms with Crippen LogP contribution in [-0.2, 0) is 24.8 Å². The highest BCUT2D eigenvalue weighted by molar-refractivity contribution is 8.00. The van der Waals surface area contributed by atoms with Crippen LogP contribution in [0.25, 0.3) is 0 Å². The van der Waals surface area contributed by atoms with Gasteiger partial charge in [0.1, 0.15) is 11.6 Å². The third-order valence-corrected chi connectivity index (χ3v) is 5.69. The van der Waals surface area contributed by atoms with E-state index in [4.69, 9.17) is 4.42 Å². The molecular formula is C21H22FN3O3S. The third-order valence-electron chi connectivity index (χ3n) is 4.54. The van der Waals surface area contributed by atoms with E-state index in [0.717, 1.165) is 0 Å². The normalized spacial score (nSPS) is 12.0. The van der Waals surface area contributed by atoms with E-state index in [2.05, 4.69) is 10.3 Å². The molecule has 3 rings (SSSR count). The van der Waals surface area contributed by atoms with Crippen LogP contribution in [0.5, 0.6) is 0 Å². The Bertz CT molecular complexity index is 1060. The molecule has 8 heteroatoms. The molecule has 0 aliphatic rings. The van der Waals surface area contributed by atoms with Gasteiger partial charge in [0.2, 0.25) is 5.91 Å². The molecule has 3 aromatic rings. The SMILES string of the molecule is Cc1nc(SC(C)C(=O)NCc2ccco2)n(C)c(=O)c1Cc1ccccc1F. The number of benzene rings is 1. The number of rotatable bonds is 7. The highest BCUT2D eigenvalue weighted by atomic mass is 32.2. The number of aryl methyl sites for hydroxylation is 1. The maximum absolute atomic E-state index is 14.0. The molecule has 0 fully saturated rings. The lowest BCUT2D eigenvalue weighted by Crippen LogP contribution is -2.32. The molecule has 1 unspecified atom stereocenters. The van der Waals surface area contributed by atoms with Crippen molar-refractivity contribution >= 4 is 17.7 Å². The predicted molar refractivity (Wildman–Crippen MR) is 109 cm³/mol. The molecule has 0 saturated carbocycles. The number of carbonyl (C=O) groups excluding carboxylic acids is 1. The summed E-state index contributed by atoms with van der Waals surface area (Å²) in [5.74, 6) is 0.123. The third kappa shape index (κ3) is 4.95. The summed E-state index contributed by atoms with van der Waals surface area (Å²) in [7, 11) is 1.61. The van der Waals surface area contributed by atoms with Crippen molar-refractivity contribution in [3.63, 3.8) is 0 Å². The Morgan fingerprint density at radius 1 is 1.31 bits per heavy atom. The zero-order valence-electron chi connectivity index (χ0n) is 16.4. The van der Waals surface area contributed by atoms with Crippen molar-refractivity contribution in [3.05, 3.63) is 81.4 Å². The molecule has 2 aromatic heterocycles. The summed E-state index contributed by atoms with van der Waals surface area (Å²) in [6, 6.07) is 9.91. The largest absolute Gasteiger partial charge is 0.467 e. The first kappa shape index (κ1) is 20.9. The van der Waals surface area contributed by atoms with E-state index in [0.29, 0.717) is 34.3 Å². The van der Waals surface area contributed by atoms with Gasteiger partial charge in [-0.2, -0.15) is 0 Å². The summed E-state index contributed by atoms with van der Waals surface area (Å²) in [4.78, 5) is 29.7. The van der Waals surface area contributed by atoms with Crippen molar-refractivity contribution in [2.75, 3.05) is 0 Å². The zero-order chi connectivity index (χ0) is 21.0. The maximum Gasteiger partial charge on any atom is 0.257 e. The molecule has 152 valence electrons. The van der Waals surface area contributed by atoms with Crippen molar-refractivity contribution in [2.45, 2.75) is 37.2 Å². The summed E-state index contributed by atoms with van der Waals surface area (Å²) in [6.45, 7) is 3.77. The first-order valence-corrected chi connectivity index (χ1v) is 10.0. The summed E-state index contributed by atoms with van der Waals surface area (Å²) in [5, 5.41) is 2.77. The Kier molecular flexibility index (Phi) is 6.53. The zero-order valence-corrected chi connectivity index (χ0v) is 17.3. The van der Waals surface area contributed by atoms with E-state index in [1.807, 2.05) is 0 Å². The van der Waals surface area contributed by atoms with Crippen LogP contribution in [0.3, 0.4) is 0 Å². The van der Waals surface area contributed by atoms with Gasteiger partial charge in [-0.15, -0.1) is 0 Å². The number of furan rings is 1. The topological polar surface area (TPSA) is 77.1 Å². The van der Waals surface area contributed by atoms with Crippen molar-refractivity contribution in [1.82, 2.24) is 14.9 Å². The number of thioether (sulfide) groups is 1. The highest BCUT2D eigenvalue weighted by Gasteiger charge is 2.20. The fourth-order valence-corrected chi connectivity index (χ4v) is 3.75. The van der Waals surface area contributed by atoms with Crippen LogP contribution in [0.15, 0.2) is 57.0 Å². The molecule has 0 aliphatic carbocycles. The highest BCUT2D eigenvalue weighted by Crippen LogP contribution is 2.22. The van der Waals surface area contributed by atoms with E-state index < -0.39 is 5.25 Å². The van der Waals surface area contributed by atoms with Gasteiger partial charge in [0.15, 0.2) is 5.16 Å². The van der Waals surface area contributed by atoms with Crippen molar-refractivity contribution in [3.8, 4) is 0 Å². The van der Waals surface area contributed by atoms with Crippen molar-refractivity contribution in [1.29, 1.82) is 0 Å². The Morgan fingerprint density at radius 3 is 2.76 bits per heavy atom. The van der Waals surface area contributed by atoms with E-state index in [1.54, 1.807) is 57.5 Å². The first-order valence-electron chi connectivity index (χ1n) is 9.13. The summed E-state index contributed by atoms with van der Waals surface area (Å²) in [5.41, 5.74) is 1.17. The van der Waals surface area contributed by atoms with E-state index in [1.165, 1.54) is 22.4 Å². The quantitative estimate of drug-likeness (QED) is 0.474. The number of hydrogen-bond acceptors (Lipinski definition) is 5. The molecule has 0 spiro atoms. The van der Waals surface area contributed by atoms with Gasteiger partial charge in [0.05, 0.1) is 18.1 Å². The van der Waals surface area contributed by atoms with Crippen molar-refractivity contribution < 1.29 is 13.6 Å². The van der Waals surface area contributed by atoms with Crippen LogP contribution in [0.2, 0.25) is 0 Å². The van der Waals surface area contributed by atoms with E-state index >= 15 is 0 Å². The molecule has 0 bridgehead atoms. The number of nitrogens with one attached hydrogen (secondary N) is 1. The second-order valence-electron chi connectivity index (χ2n) is 6.65. The number of aromatic nitrogens is 2. The average molecular weight is 415 g/mol. The van der Waals surface area contributed by atoms with Gasteiger partial charge in [-0.25, -0.2) is 9.37 Å². The molecule has 2 heterocycles. The smallest absolute Gasteiger partial charge is 0.257 e. The molecule has 0 saturated heterocycles. The van der Waals surface area contributed by atoms with Gasteiger partial charge >= 0.3 is 0 Å². The van der Waals surface area contributed by atoms with Gasteiger partial charge in [-0.3, -0.25) is 14.2 Å². The lowest BCUT2D eigenvalue weighted by Gasteiger charge is -2.15. The standard InChI is InChI=1S/C21H22FN3O3S/c1-13-17(11-15-7-4-5-9-18(15)22)20(27)25(3)21(24-13)29-14(2)19(26)23-12-16-8-6-10-28-16/h4-10,14H,11-12H2,1-3H3,(H,23,26). The van der Waals surface area contributed by atoms with Gasteiger partial charge in [-0.1, -0.05) is 30.0 Å². The Hall–Kier alpha value is -2.87. The minimum Gasteiger partial charge on any atom is -0.467 e. The molecule has 0 aliphatic heterocycles. The van der Waals surface area contributed by atoms with Crippen LogP contribution >= 0.6 is 11.8 Å². The number of carbonyl (C=O) groups is 1. The van der Waals surface area contributed by atoms with Gasteiger partial charge in [0.25, 0.3) is 5.56 Å². The molecule has 1 atom stereocenters. The van der Waals surface area contributed by atoms with Crippen LogP contribution < -0.4 is 10.9 Å². The fourth-order valence-electron chi connectivity index (χ4n) is 2.81. The molecule has 6 nitrogen and oxygen atoms in total. The van der Waals surface area contributed by atoms with Crippen LogP contribution in [0.4, 0.5) is 4.39 Å². The minimum absolute atomic E-state index is 0.169. The molecular weight excluding hydrogens is 393 g/mol. The van der Waals surface area contributed by atoms with Crippen LogP contribution in [0.1, 0.15) is 29.5 Å². The molecule has 1 N–H and O–H groups in total. The number of hydrogen-bond donors (Lipinski definition) is 1. The molecule has 1 amide bonds. The lowest BCUT2D eigenvalue weighted by molar-refractivity contribution is -0.120. The van der Waals surface area contributed by atoms with E-state index in [-0.39, 0.29) is 23.7 Å². The monoisotopic (exact) mass is 415 g/mol. The first-order chi connectivity index (χ1) is 13.9. The van der Waals surface area contributed by atoms with Gasteiger partial charge in [-0.05, 0) is 37.6 Å². The number of amides is 1. The Balaban J connectivity index is 1.74. The minimum atomic E-state index is -0.458. The van der Waals surface area contributed by atoms with E-state index in [9.17, 15) is 14.0 Å². The lowest BCUT2D eigenvalue weighted by atomic mass is 10.0. The summed E-state index contributed by atoms with van der Waals surface area (Å²) >= 11 is 1.20. The van der Waals surface area contributed by atoms with Crippen molar-refractivity contribution in [2.24, 2.45) is 7.05 Å². The van der Waals surface area contributed by atoms with Gasteiger partial charge < -0.3 is 9.73 Å². The Labute approximate surface area is 172 Å². The summed E-state index contributed by atoms with van der Waals surface area (Å²) in [6.07, 6.45) is 1.72. The maximum atomic E-state index is 14.0. The Morgan fingerprint density at radius 2 is 2.07 bits per heavy atom. The molecule has 29 heavy (non-hydrogen) atoms. The van der Waals surface area contributed by atoms with Crippen LogP contribution in [0, 0.1) is 12.7 Å². The number of halogens is 1. The molecule has 0 radical (unpaired) electrons. The molecule has 1 aromatic carbocycles. The number of nitrogens with zero attached hydrogens (tertiary/aromatic N) is 2. The second kappa shape index (κ2) is 9.09. The fraction of sp³-hybridized carbons (Fsp3) is 0.286. The van der Waals surface area contributed by atoms with Crippen LogP contribution in [-0.4, -0.2) is 20.7 Å². The van der Waals surface area contributed by atoms with Gasteiger partial charge in [0, 0.05) is 24.7 Å². The predicted octanol–water partition coefficient (Wildman–Crippen LogP) is 3.21. The average Bonchev–Trinajstić information content (AvgIpc) is 3.22.